The molecule has 3 aliphatic rings. The monoisotopic (exact) mass is 251 g/mol. The van der Waals surface area contributed by atoms with Crippen molar-refractivity contribution < 1.29 is 9.53 Å². The lowest BCUT2D eigenvalue weighted by Crippen LogP contribution is -2.39. The Bertz CT molecular complexity index is 450. The Labute approximate surface area is 104 Å². The van der Waals surface area contributed by atoms with Gasteiger partial charge in [0.05, 0.1) is 18.5 Å². The number of morpholine rings is 1. The molecule has 3 rings (SSSR count). The lowest BCUT2D eigenvalue weighted by atomic mass is 10.1. The molecule has 0 radical (unpaired) electrons. The van der Waals surface area contributed by atoms with E-state index in [0.29, 0.717) is 5.84 Å². The zero-order chi connectivity index (χ0) is 11.8. The molecule has 6 heteroatoms. The number of amides is 1. The molecule has 1 unspecified atom stereocenters. The smallest absolute Gasteiger partial charge is 0.271 e. The van der Waals surface area contributed by atoms with Gasteiger partial charge in [-0.15, -0.1) is 0 Å². The molecule has 1 atom stereocenters. The predicted octanol–water partition coefficient (Wildman–Crippen LogP) is 0.675. The van der Waals surface area contributed by atoms with Crippen LogP contribution < -0.4 is 0 Å². The van der Waals surface area contributed by atoms with E-state index >= 15 is 0 Å². The molecule has 1 saturated heterocycles. The van der Waals surface area contributed by atoms with Gasteiger partial charge in [0.25, 0.3) is 5.91 Å². The van der Waals surface area contributed by atoms with Crippen molar-refractivity contribution in [3.8, 4) is 0 Å². The SMILES string of the molecule is CC1=CC(=O)N=C2N=C(N3CCOCC3)SC12. The van der Waals surface area contributed by atoms with E-state index in [4.69, 9.17) is 4.74 Å². The second-order valence-corrected chi connectivity index (χ2v) is 5.26. The van der Waals surface area contributed by atoms with Crippen molar-refractivity contribution in [2.75, 3.05) is 26.3 Å². The number of nitrogens with zero attached hydrogens (tertiary/aromatic N) is 3. The number of aliphatic imine (C=N–C) groups is 2. The van der Waals surface area contributed by atoms with E-state index in [1.54, 1.807) is 17.8 Å². The molecule has 5 nitrogen and oxygen atoms in total. The Balaban J connectivity index is 1.82. The molecular weight excluding hydrogens is 238 g/mol. The molecule has 0 aliphatic carbocycles. The summed E-state index contributed by atoms with van der Waals surface area (Å²) in [5.74, 6) is 0.461. The fourth-order valence-electron chi connectivity index (χ4n) is 2.04. The average molecular weight is 251 g/mol. The van der Waals surface area contributed by atoms with Crippen molar-refractivity contribution in [1.82, 2.24) is 4.90 Å². The van der Waals surface area contributed by atoms with Crippen LogP contribution in [0.5, 0.6) is 0 Å². The number of hydrogen-bond acceptors (Lipinski definition) is 5. The van der Waals surface area contributed by atoms with Gasteiger partial charge in [0, 0.05) is 19.2 Å². The van der Waals surface area contributed by atoms with Crippen molar-refractivity contribution in [3.63, 3.8) is 0 Å². The topological polar surface area (TPSA) is 54.3 Å². The van der Waals surface area contributed by atoms with Gasteiger partial charge in [-0.1, -0.05) is 11.8 Å². The molecule has 90 valence electrons. The van der Waals surface area contributed by atoms with E-state index in [9.17, 15) is 4.79 Å². The maximum atomic E-state index is 11.3. The number of amidine groups is 2. The van der Waals surface area contributed by atoms with Gasteiger partial charge < -0.3 is 9.64 Å². The van der Waals surface area contributed by atoms with Crippen molar-refractivity contribution in [2.45, 2.75) is 12.2 Å². The predicted molar refractivity (Wildman–Crippen MR) is 67.4 cm³/mol. The van der Waals surface area contributed by atoms with Gasteiger partial charge in [-0.3, -0.25) is 4.79 Å². The standard InChI is InChI=1S/C11H13N3O2S/c1-7-6-8(15)12-10-9(7)17-11(13-10)14-2-4-16-5-3-14/h6,9H,2-5H2,1H3. The van der Waals surface area contributed by atoms with Crippen LogP contribution >= 0.6 is 11.8 Å². The summed E-state index contributed by atoms with van der Waals surface area (Å²) >= 11 is 1.68. The first kappa shape index (κ1) is 11.0. The summed E-state index contributed by atoms with van der Waals surface area (Å²) in [5.41, 5.74) is 1.04. The minimum absolute atomic E-state index is 0.130. The van der Waals surface area contributed by atoms with Gasteiger partial charge in [0.2, 0.25) is 0 Å². The summed E-state index contributed by atoms with van der Waals surface area (Å²) in [5, 5.41) is 1.10. The molecule has 1 amide bonds. The van der Waals surface area contributed by atoms with Crippen molar-refractivity contribution in [3.05, 3.63) is 11.6 Å². The highest BCUT2D eigenvalue weighted by molar-refractivity contribution is 8.15. The van der Waals surface area contributed by atoms with Crippen LogP contribution in [0.3, 0.4) is 0 Å². The molecular formula is C11H13N3O2S. The maximum absolute atomic E-state index is 11.3. The lowest BCUT2D eigenvalue weighted by molar-refractivity contribution is -0.113. The summed E-state index contributed by atoms with van der Waals surface area (Å²) in [6.45, 7) is 5.17. The van der Waals surface area contributed by atoms with E-state index in [2.05, 4.69) is 14.9 Å². The second kappa shape index (κ2) is 4.27. The van der Waals surface area contributed by atoms with Crippen LogP contribution in [0.2, 0.25) is 0 Å². The van der Waals surface area contributed by atoms with Gasteiger partial charge >= 0.3 is 0 Å². The van der Waals surface area contributed by atoms with Crippen LogP contribution in [0.1, 0.15) is 6.92 Å². The number of thioether (sulfide) groups is 1. The molecule has 3 heterocycles. The maximum Gasteiger partial charge on any atom is 0.271 e. The van der Waals surface area contributed by atoms with E-state index in [1.165, 1.54) is 0 Å². The van der Waals surface area contributed by atoms with E-state index in [0.717, 1.165) is 37.0 Å². The van der Waals surface area contributed by atoms with Crippen LogP contribution in [0, 0.1) is 0 Å². The molecule has 0 bridgehead atoms. The zero-order valence-electron chi connectivity index (χ0n) is 9.55. The highest BCUT2D eigenvalue weighted by atomic mass is 32.2. The summed E-state index contributed by atoms with van der Waals surface area (Å²) in [4.78, 5) is 22.0. The van der Waals surface area contributed by atoms with E-state index in [-0.39, 0.29) is 11.2 Å². The van der Waals surface area contributed by atoms with Gasteiger partial charge in [0.1, 0.15) is 0 Å². The van der Waals surface area contributed by atoms with Crippen LogP contribution in [-0.4, -0.2) is 53.4 Å². The first-order valence-corrected chi connectivity index (χ1v) is 6.51. The summed E-state index contributed by atoms with van der Waals surface area (Å²) in [7, 11) is 0. The molecule has 0 aromatic carbocycles. The first-order valence-electron chi connectivity index (χ1n) is 5.63. The number of dihydropyridines is 1. The Morgan fingerprint density at radius 2 is 2.18 bits per heavy atom. The molecule has 0 N–H and O–H groups in total. The van der Waals surface area contributed by atoms with Crippen LogP contribution in [0.25, 0.3) is 0 Å². The third-order valence-electron chi connectivity index (χ3n) is 2.94. The fourth-order valence-corrected chi connectivity index (χ4v) is 3.19. The van der Waals surface area contributed by atoms with Gasteiger partial charge in [-0.2, -0.15) is 4.99 Å². The van der Waals surface area contributed by atoms with E-state index in [1.807, 2.05) is 6.92 Å². The molecule has 1 fully saturated rings. The van der Waals surface area contributed by atoms with E-state index < -0.39 is 0 Å². The third-order valence-corrected chi connectivity index (χ3v) is 4.32. The van der Waals surface area contributed by atoms with Gasteiger partial charge in [-0.05, 0) is 12.5 Å². The van der Waals surface area contributed by atoms with Crippen LogP contribution in [0.4, 0.5) is 0 Å². The van der Waals surface area contributed by atoms with Gasteiger partial charge in [0.15, 0.2) is 11.0 Å². The number of carbonyl (C=O) groups is 1. The Kier molecular flexibility index (Phi) is 2.76. The minimum atomic E-state index is -0.193. The molecule has 3 aliphatic heterocycles. The number of carbonyl (C=O) groups excluding carboxylic acids is 1. The molecule has 0 aromatic heterocycles. The number of rotatable bonds is 0. The Hall–Kier alpha value is -1.14. The lowest BCUT2D eigenvalue weighted by Gasteiger charge is -2.27. The number of hydrogen-bond donors (Lipinski definition) is 0. The third kappa shape index (κ3) is 2.02. The van der Waals surface area contributed by atoms with Crippen molar-refractivity contribution in [1.29, 1.82) is 0 Å². The Morgan fingerprint density at radius 1 is 1.41 bits per heavy atom. The molecule has 17 heavy (non-hydrogen) atoms. The average Bonchev–Trinajstić information content (AvgIpc) is 2.74. The molecule has 0 aromatic rings. The van der Waals surface area contributed by atoms with Crippen molar-refractivity contribution in [2.24, 2.45) is 9.98 Å². The molecule has 0 saturated carbocycles. The highest BCUT2D eigenvalue weighted by Crippen LogP contribution is 2.32. The largest absolute Gasteiger partial charge is 0.378 e. The highest BCUT2D eigenvalue weighted by Gasteiger charge is 2.34. The number of fused-ring (bicyclic) bond motifs is 1. The molecule has 0 spiro atoms. The normalized spacial score (nSPS) is 28.5. The number of ether oxygens (including phenoxy) is 1. The summed E-state index contributed by atoms with van der Waals surface area (Å²) < 4.78 is 5.31. The summed E-state index contributed by atoms with van der Waals surface area (Å²) in [6.07, 6.45) is 1.60. The van der Waals surface area contributed by atoms with Gasteiger partial charge in [-0.25, -0.2) is 4.99 Å². The van der Waals surface area contributed by atoms with Crippen LogP contribution in [0.15, 0.2) is 21.6 Å². The second-order valence-electron chi connectivity index (χ2n) is 4.19. The van der Waals surface area contributed by atoms with Crippen LogP contribution in [-0.2, 0) is 9.53 Å². The van der Waals surface area contributed by atoms with Crippen molar-refractivity contribution >= 4 is 28.7 Å². The zero-order valence-corrected chi connectivity index (χ0v) is 10.4. The summed E-state index contributed by atoms with van der Waals surface area (Å²) in [6, 6.07) is 0. The first-order chi connectivity index (χ1) is 8.24. The quantitative estimate of drug-likeness (QED) is 0.635. The fraction of sp³-hybridized carbons (Fsp3) is 0.545. The minimum Gasteiger partial charge on any atom is -0.378 e. The Morgan fingerprint density at radius 3 is 2.94 bits per heavy atom.